The van der Waals surface area contributed by atoms with E-state index in [0.29, 0.717) is 17.1 Å². The molecule has 0 fully saturated rings. The van der Waals surface area contributed by atoms with E-state index in [4.69, 9.17) is 0 Å². The molecule has 0 radical (unpaired) electrons. The van der Waals surface area contributed by atoms with Gasteiger partial charge in [-0.1, -0.05) is 19.1 Å². The third-order valence-electron chi connectivity index (χ3n) is 2.65. The van der Waals surface area contributed by atoms with Crippen LogP contribution in [0.25, 0.3) is 11.3 Å². The molecule has 0 saturated carbocycles. The zero-order chi connectivity index (χ0) is 13.0. The van der Waals surface area contributed by atoms with Gasteiger partial charge in [0.25, 0.3) is 0 Å². The van der Waals surface area contributed by atoms with Crippen molar-refractivity contribution in [2.24, 2.45) is 0 Å². The van der Waals surface area contributed by atoms with E-state index in [-0.39, 0.29) is 5.82 Å². The zero-order valence-electron chi connectivity index (χ0n) is 10.6. The van der Waals surface area contributed by atoms with Gasteiger partial charge in [0.1, 0.15) is 17.5 Å². The average molecular weight is 245 g/mol. The Labute approximate surface area is 106 Å². The van der Waals surface area contributed by atoms with Crippen LogP contribution in [0.5, 0.6) is 0 Å². The molecule has 0 saturated heterocycles. The highest BCUT2D eigenvalue weighted by Gasteiger charge is 2.09. The molecule has 18 heavy (non-hydrogen) atoms. The number of rotatable bonds is 4. The van der Waals surface area contributed by atoms with Crippen LogP contribution in [0.3, 0.4) is 0 Å². The van der Waals surface area contributed by atoms with Gasteiger partial charge < -0.3 is 5.32 Å². The summed E-state index contributed by atoms with van der Waals surface area (Å²) in [5.41, 5.74) is 1.13. The summed E-state index contributed by atoms with van der Waals surface area (Å²) in [6.07, 6.45) is 1.75. The summed E-state index contributed by atoms with van der Waals surface area (Å²) in [5, 5.41) is 2.98. The zero-order valence-corrected chi connectivity index (χ0v) is 10.6. The third-order valence-corrected chi connectivity index (χ3v) is 2.65. The van der Waals surface area contributed by atoms with E-state index in [0.717, 1.165) is 18.7 Å². The first-order chi connectivity index (χ1) is 8.74. The molecule has 0 bridgehead atoms. The van der Waals surface area contributed by atoms with Gasteiger partial charge in [-0.05, 0) is 18.6 Å². The molecule has 1 aromatic carbocycles. The standard InChI is InChI=1S/C14H16FN3/c1-3-6-13-17-12(9-14(16-2)18-13)10-7-4-5-8-11(10)15/h4-5,7-9H,3,6H2,1-2H3,(H,16,17,18). The number of anilines is 1. The Hall–Kier alpha value is -1.97. The predicted molar refractivity (Wildman–Crippen MR) is 71.0 cm³/mol. The maximum Gasteiger partial charge on any atom is 0.132 e. The van der Waals surface area contributed by atoms with E-state index < -0.39 is 0 Å². The minimum absolute atomic E-state index is 0.263. The van der Waals surface area contributed by atoms with Gasteiger partial charge in [-0.25, -0.2) is 14.4 Å². The first-order valence-electron chi connectivity index (χ1n) is 6.05. The van der Waals surface area contributed by atoms with Crippen molar-refractivity contribution in [3.8, 4) is 11.3 Å². The number of nitrogens with one attached hydrogen (secondary N) is 1. The number of benzene rings is 1. The van der Waals surface area contributed by atoms with Crippen molar-refractivity contribution < 1.29 is 4.39 Å². The monoisotopic (exact) mass is 245 g/mol. The van der Waals surface area contributed by atoms with Gasteiger partial charge in [-0.3, -0.25) is 0 Å². The first-order valence-corrected chi connectivity index (χ1v) is 6.05. The van der Waals surface area contributed by atoms with Crippen LogP contribution in [0.2, 0.25) is 0 Å². The Balaban J connectivity index is 2.50. The number of nitrogens with zero attached hydrogens (tertiary/aromatic N) is 2. The quantitative estimate of drug-likeness (QED) is 0.898. The number of hydrogen-bond donors (Lipinski definition) is 1. The lowest BCUT2D eigenvalue weighted by atomic mass is 10.1. The Morgan fingerprint density at radius 3 is 2.67 bits per heavy atom. The molecule has 0 aliphatic rings. The highest BCUT2D eigenvalue weighted by Crippen LogP contribution is 2.22. The van der Waals surface area contributed by atoms with Crippen LogP contribution in [-0.2, 0) is 6.42 Å². The van der Waals surface area contributed by atoms with Crippen molar-refractivity contribution in [3.63, 3.8) is 0 Å². The van der Waals surface area contributed by atoms with Crippen molar-refractivity contribution in [3.05, 3.63) is 42.0 Å². The van der Waals surface area contributed by atoms with Gasteiger partial charge in [-0.15, -0.1) is 0 Å². The number of aromatic nitrogens is 2. The van der Waals surface area contributed by atoms with Gasteiger partial charge in [0.2, 0.25) is 0 Å². The average Bonchev–Trinajstić information content (AvgIpc) is 2.39. The molecule has 94 valence electrons. The normalized spacial score (nSPS) is 10.4. The molecule has 1 aromatic heterocycles. The van der Waals surface area contributed by atoms with Crippen LogP contribution in [0.1, 0.15) is 19.2 Å². The van der Waals surface area contributed by atoms with E-state index >= 15 is 0 Å². The van der Waals surface area contributed by atoms with Gasteiger partial charge in [0.15, 0.2) is 0 Å². The maximum absolute atomic E-state index is 13.7. The van der Waals surface area contributed by atoms with Crippen molar-refractivity contribution in [2.45, 2.75) is 19.8 Å². The minimum Gasteiger partial charge on any atom is -0.373 e. The lowest BCUT2D eigenvalue weighted by Crippen LogP contribution is -2.02. The molecule has 0 aliphatic heterocycles. The fraction of sp³-hybridized carbons (Fsp3) is 0.286. The topological polar surface area (TPSA) is 37.8 Å². The largest absolute Gasteiger partial charge is 0.373 e. The number of aryl methyl sites for hydroxylation is 1. The van der Waals surface area contributed by atoms with Crippen molar-refractivity contribution >= 4 is 5.82 Å². The first kappa shape index (κ1) is 12.5. The second kappa shape index (κ2) is 5.58. The van der Waals surface area contributed by atoms with Gasteiger partial charge in [-0.2, -0.15) is 0 Å². The van der Waals surface area contributed by atoms with Crippen molar-refractivity contribution in [2.75, 3.05) is 12.4 Å². The molecule has 0 spiro atoms. The van der Waals surface area contributed by atoms with Crippen LogP contribution < -0.4 is 5.32 Å². The molecule has 1 heterocycles. The molecule has 0 unspecified atom stereocenters. The molecule has 0 aliphatic carbocycles. The highest BCUT2D eigenvalue weighted by atomic mass is 19.1. The molecule has 0 amide bonds. The van der Waals surface area contributed by atoms with Crippen LogP contribution >= 0.6 is 0 Å². The van der Waals surface area contributed by atoms with E-state index in [2.05, 4.69) is 22.2 Å². The van der Waals surface area contributed by atoms with E-state index in [1.807, 2.05) is 0 Å². The van der Waals surface area contributed by atoms with E-state index in [9.17, 15) is 4.39 Å². The summed E-state index contributed by atoms with van der Waals surface area (Å²) in [6.45, 7) is 2.07. The van der Waals surface area contributed by atoms with Crippen LogP contribution in [-0.4, -0.2) is 17.0 Å². The molecule has 0 atom stereocenters. The molecular formula is C14H16FN3. The summed E-state index contributed by atoms with van der Waals surface area (Å²) in [5.74, 6) is 1.19. The Bertz CT molecular complexity index is 540. The van der Waals surface area contributed by atoms with Crippen LogP contribution in [0, 0.1) is 5.82 Å². The summed E-state index contributed by atoms with van der Waals surface area (Å²) in [4.78, 5) is 8.76. The number of hydrogen-bond acceptors (Lipinski definition) is 3. The minimum atomic E-state index is -0.263. The highest BCUT2D eigenvalue weighted by molar-refractivity contribution is 5.63. The van der Waals surface area contributed by atoms with Crippen molar-refractivity contribution in [1.82, 2.24) is 9.97 Å². The predicted octanol–water partition coefficient (Wildman–Crippen LogP) is 3.28. The smallest absolute Gasteiger partial charge is 0.132 e. The molecule has 4 heteroatoms. The molecular weight excluding hydrogens is 229 g/mol. The fourth-order valence-corrected chi connectivity index (χ4v) is 1.77. The van der Waals surface area contributed by atoms with E-state index in [1.54, 1.807) is 31.3 Å². The summed E-state index contributed by atoms with van der Waals surface area (Å²) >= 11 is 0. The van der Waals surface area contributed by atoms with E-state index in [1.165, 1.54) is 6.07 Å². The second-order valence-corrected chi connectivity index (χ2v) is 4.03. The van der Waals surface area contributed by atoms with Gasteiger partial charge in [0, 0.05) is 25.1 Å². The molecule has 1 N–H and O–H groups in total. The summed E-state index contributed by atoms with van der Waals surface area (Å²) in [7, 11) is 1.79. The molecule has 2 aromatic rings. The van der Waals surface area contributed by atoms with Crippen LogP contribution in [0.4, 0.5) is 10.2 Å². The van der Waals surface area contributed by atoms with Crippen molar-refractivity contribution in [1.29, 1.82) is 0 Å². The summed E-state index contributed by atoms with van der Waals surface area (Å²) in [6, 6.07) is 8.41. The Morgan fingerprint density at radius 2 is 2.00 bits per heavy atom. The van der Waals surface area contributed by atoms with Crippen LogP contribution in [0.15, 0.2) is 30.3 Å². The second-order valence-electron chi connectivity index (χ2n) is 4.03. The number of halogens is 1. The lowest BCUT2D eigenvalue weighted by molar-refractivity contribution is 0.630. The Kier molecular flexibility index (Phi) is 3.87. The fourth-order valence-electron chi connectivity index (χ4n) is 1.77. The van der Waals surface area contributed by atoms with Gasteiger partial charge >= 0.3 is 0 Å². The third kappa shape index (κ3) is 2.64. The maximum atomic E-state index is 13.7. The summed E-state index contributed by atoms with van der Waals surface area (Å²) < 4.78 is 13.7. The van der Waals surface area contributed by atoms with Gasteiger partial charge in [0.05, 0.1) is 5.69 Å². The lowest BCUT2D eigenvalue weighted by Gasteiger charge is -2.08. The molecule has 3 nitrogen and oxygen atoms in total. The molecule has 2 rings (SSSR count). The Morgan fingerprint density at radius 1 is 1.22 bits per heavy atom. The SMILES string of the molecule is CCCc1nc(NC)cc(-c2ccccc2F)n1.